The first-order valence-electron chi connectivity index (χ1n) is 15.8. The van der Waals surface area contributed by atoms with Gasteiger partial charge in [-0.2, -0.15) is 10.5 Å². The first-order valence-corrected chi connectivity index (χ1v) is 15.8. The second-order valence-electron chi connectivity index (χ2n) is 13.1. The average Bonchev–Trinajstić information content (AvgIpc) is 3.07. The highest BCUT2D eigenvalue weighted by Crippen LogP contribution is 2.54. The molecule has 0 aliphatic heterocycles. The van der Waals surface area contributed by atoms with Crippen molar-refractivity contribution >= 4 is 0 Å². The lowest BCUT2D eigenvalue weighted by Crippen LogP contribution is -2.42. The van der Waals surface area contributed by atoms with E-state index in [2.05, 4.69) is 67.4 Å². The maximum Gasteiger partial charge on any atom is 0.182 e. The van der Waals surface area contributed by atoms with Crippen LogP contribution < -0.4 is 0 Å². The van der Waals surface area contributed by atoms with Gasteiger partial charge in [-0.25, -0.2) is 15.0 Å². The van der Waals surface area contributed by atoms with E-state index in [-0.39, 0.29) is 0 Å². The summed E-state index contributed by atoms with van der Waals surface area (Å²) in [4.78, 5) is 18.7. The summed E-state index contributed by atoms with van der Waals surface area (Å²) in [6.07, 6.45) is 8.24. The number of nitrogens with zero attached hydrogens (tertiary/aromatic N) is 6. The summed E-state index contributed by atoms with van der Waals surface area (Å²) >= 11 is 0. The Morgan fingerprint density at radius 1 is 0.578 bits per heavy atom. The van der Waals surface area contributed by atoms with Crippen molar-refractivity contribution in [2.24, 2.45) is 17.8 Å². The number of benzene rings is 3. The van der Waals surface area contributed by atoms with Crippen LogP contribution in [0.2, 0.25) is 0 Å². The lowest BCUT2D eigenvalue weighted by Gasteiger charge is -2.50. The number of rotatable bonds is 5. The first-order chi connectivity index (χ1) is 21.9. The summed E-state index contributed by atoms with van der Waals surface area (Å²) in [6.45, 7) is 4.88. The molecule has 2 saturated carbocycles. The highest BCUT2D eigenvalue weighted by molar-refractivity contribution is 5.70. The van der Waals surface area contributed by atoms with Crippen molar-refractivity contribution in [3.05, 3.63) is 108 Å². The summed E-state index contributed by atoms with van der Waals surface area (Å²) in [7, 11) is 0. The fraction of sp³-hybridized carbons (Fsp3) is 0.282. The van der Waals surface area contributed by atoms with Gasteiger partial charge in [0.05, 0.1) is 17.2 Å². The van der Waals surface area contributed by atoms with E-state index in [0.29, 0.717) is 39.7 Å². The third kappa shape index (κ3) is 5.73. The van der Waals surface area contributed by atoms with Crippen molar-refractivity contribution in [3.63, 3.8) is 0 Å². The molecule has 7 rings (SSSR count). The van der Waals surface area contributed by atoms with Gasteiger partial charge in [0.2, 0.25) is 0 Å². The van der Waals surface area contributed by atoms with E-state index < -0.39 is 0 Å². The fourth-order valence-corrected chi connectivity index (χ4v) is 7.92. The van der Waals surface area contributed by atoms with Crippen LogP contribution in [-0.2, 0) is 5.41 Å². The average molecular weight is 587 g/mol. The molecule has 2 unspecified atom stereocenters. The van der Waals surface area contributed by atoms with E-state index >= 15 is 0 Å². The van der Waals surface area contributed by atoms with Crippen molar-refractivity contribution in [2.75, 3.05) is 0 Å². The lowest BCUT2D eigenvalue weighted by atomic mass is 9.54. The van der Waals surface area contributed by atoms with Crippen LogP contribution in [0.25, 0.3) is 45.4 Å². The molecular formula is C39H34N6. The molecule has 2 aromatic heterocycles. The Balaban J connectivity index is 1.20. The third-order valence-electron chi connectivity index (χ3n) is 9.63. The minimum atomic E-state index is 0.329. The SMILES string of the molecule is C[C@@H]1CC2C[C@H](C)CC(c3ccc(-c4ccc(-c5nc(-c6ccc(C#N)cc6)nc(-c6ccc(C#N)cn6)n5)cc4)cc3)(C2)C1. The topological polar surface area (TPSA) is 99.1 Å². The van der Waals surface area contributed by atoms with Crippen LogP contribution in [0.15, 0.2) is 91.1 Å². The molecule has 2 aliphatic carbocycles. The number of fused-ring (bicyclic) bond motifs is 2. The Kier molecular flexibility index (Phi) is 7.43. The zero-order valence-corrected chi connectivity index (χ0v) is 25.6. The van der Waals surface area contributed by atoms with Crippen molar-refractivity contribution in [1.82, 2.24) is 19.9 Å². The molecule has 0 N–H and O–H groups in total. The predicted molar refractivity (Wildman–Crippen MR) is 175 cm³/mol. The second kappa shape index (κ2) is 11.7. The Hall–Kier alpha value is -5.20. The van der Waals surface area contributed by atoms with Crippen LogP contribution in [0.1, 0.15) is 62.6 Å². The van der Waals surface area contributed by atoms with Crippen molar-refractivity contribution < 1.29 is 0 Å². The number of hydrogen-bond donors (Lipinski definition) is 0. The molecule has 3 aromatic carbocycles. The van der Waals surface area contributed by atoms with Gasteiger partial charge in [0.25, 0.3) is 0 Å². The normalized spacial score (nSPS) is 22.3. The Labute approximate surface area is 264 Å². The van der Waals surface area contributed by atoms with E-state index in [4.69, 9.17) is 15.0 Å². The molecule has 2 fully saturated rings. The zero-order valence-electron chi connectivity index (χ0n) is 25.6. The molecule has 45 heavy (non-hydrogen) atoms. The number of aromatic nitrogens is 4. The van der Waals surface area contributed by atoms with E-state index in [0.717, 1.165) is 34.4 Å². The molecule has 220 valence electrons. The Morgan fingerprint density at radius 3 is 1.60 bits per heavy atom. The molecule has 2 heterocycles. The molecule has 0 spiro atoms. The third-order valence-corrected chi connectivity index (χ3v) is 9.63. The quantitative estimate of drug-likeness (QED) is 0.204. The van der Waals surface area contributed by atoms with Gasteiger partial charge in [0, 0.05) is 17.3 Å². The van der Waals surface area contributed by atoms with Gasteiger partial charge in [-0.1, -0.05) is 62.4 Å². The van der Waals surface area contributed by atoms with E-state index in [9.17, 15) is 10.5 Å². The molecule has 6 nitrogen and oxygen atoms in total. The largest absolute Gasteiger partial charge is 0.252 e. The summed E-state index contributed by atoms with van der Waals surface area (Å²) in [5, 5.41) is 18.4. The summed E-state index contributed by atoms with van der Waals surface area (Å²) in [5.74, 6) is 3.89. The minimum Gasteiger partial charge on any atom is -0.252 e. The smallest absolute Gasteiger partial charge is 0.182 e. The maximum atomic E-state index is 9.24. The summed E-state index contributed by atoms with van der Waals surface area (Å²) in [6, 6.07) is 32.5. The Bertz CT molecular complexity index is 1820. The molecule has 4 atom stereocenters. The maximum absolute atomic E-state index is 9.24. The van der Waals surface area contributed by atoms with Crippen molar-refractivity contribution in [1.29, 1.82) is 10.5 Å². The van der Waals surface area contributed by atoms with Crippen LogP contribution >= 0.6 is 0 Å². The van der Waals surface area contributed by atoms with Crippen molar-refractivity contribution in [3.8, 4) is 57.6 Å². The number of nitriles is 2. The molecule has 2 aliphatic rings. The Morgan fingerprint density at radius 2 is 1.07 bits per heavy atom. The minimum absolute atomic E-state index is 0.329. The second-order valence-corrected chi connectivity index (χ2v) is 13.1. The lowest BCUT2D eigenvalue weighted by molar-refractivity contribution is 0.0780. The monoisotopic (exact) mass is 586 g/mol. The van der Waals surface area contributed by atoms with Crippen molar-refractivity contribution in [2.45, 2.75) is 51.4 Å². The van der Waals surface area contributed by atoms with E-state index in [1.807, 2.05) is 24.3 Å². The van der Waals surface area contributed by atoms with Gasteiger partial charge in [-0.05, 0) is 108 Å². The van der Waals surface area contributed by atoms with Gasteiger partial charge in [0.15, 0.2) is 17.5 Å². The van der Waals surface area contributed by atoms with Gasteiger partial charge >= 0.3 is 0 Å². The molecule has 2 bridgehead atoms. The number of pyridine rings is 1. The van der Waals surface area contributed by atoms with Gasteiger partial charge in [-0.15, -0.1) is 0 Å². The number of hydrogen-bond acceptors (Lipinski definition) is 6. The van der Waals surface area contributed by atoms with Gasteiger partial charge in [-0.3, -0.25) is 4.98 Å². The first kappa shape index (κ1) is 28.6. The standard InChI is InChI=1S/C39H34N6/c1-25-17-29-18-26(2)20-39(19-25,21-29)34-14-12-31(13-15-34)30-8-10-33(11-9-30)37-43-36(32-6-3-27(22-40)4-7-32)44-38(45-37)35-16-5-28(23-41)24-42-35/h3-16,24-26,29H,17-21H2,1-2H3/t25-,26+,29?,39?. The molecule has 6 heteroatoms. The molecule has 5 aromatic rings. The van der Waals surface area contributed by atoms with E-state index in [1.165, 1.54) is 49.4 Å². The highest BCUT2D eigenvalue weighted by atomic mass is 15.0. The highest BCUT2D eigenvalue weighted by Gasteiger charge is 2.45. The molecular weight excluding hydrogens is 552 g/mol. The molecule has 0 saturated heterocycles. The van der Waals surface area contributed by atoms with E-state index in [1.54, 1.807) is 24.3 Å². The van der Waals surface area contributed by atoms with Crippen LogP contribution in [0, 0.1) is 40.4 Å². The zero-order chi connectivity index (χ0) is 31.0. The summed E-state index contributed by atoms with van der Waals surface area (Å²) < 4.78 is 0. The van der Waals surface area contributed by atoms with Crippen LogP contribution in [0.5, 0.6) is 0 Å². The molecule has 0 amide bonds. The fourth-order valence-electron chi connectivity index (χ4n) is 7.92. The van der Waals surface area contributed by atoms with Gasteiger partial charge in [0.1, 0.15) is 11.8 Å². The van der Waals surface area contributed by atoms with Crippen LogP contribution in [0.3, 0.4) is 0 Å². The van der Waals surface area contributed by atoms with Crippen LogP contribution in [-0.4, -0.2) is 19.9 Å². The van der Waals surface area contributed by atoms with Crippen LogP contribution in [0.4, 0.5) is 0 Å². The van der Waals surface area contributed by atoms with Gasteiger partial charge < -0.3 is 0 Å². The summed E-state index contributed by atoms with van der Waals surface area (Å²) in [5.41, 5.74) is 7.40. The molecule has 0 radical (unpaired) electrons. The predicted octanol–water partition coefficient (Wildman–Crippen LogP) is 8.78.